The van der Waals surface area contributed by atoms with Crippen molar-refractivity contribution < 1.29 is 23.4 Å². The number of aromatic nitrogens is 1. The number of carbonyl (C=O) groups excluding carboxylic acids is 1. The summed E-state index contributed by atoms with van der Waals surface area (Å²) in [6, 6.07) is 16.7. The summed E-state index contributed by atoms with van der Waals surface area (Å²) in [5.74, 6) is -3.70. The molecule has 3 aromatic rings. The Morgan fingerprint density at radius 3 is 2.68 bits per heavy atom. The molecule has 4 rings (SSSR count). The van der Waals surface area contributed by atoms with Crippen LogP contribution < -0.4 is 4.74 Å². The van der Waals surface area contributed by atoms with Gasteiger partial charge in [0.1, 0.15) is 5.75 Å². The van der Waals surface area contributed by atoms with Crippen molar-refractivity contribution in [3.63, 3.8) is 0 Å². The topological polar surface area (TPSA) is 62.7 Å². The number of nitrogens with zero attached hydrogens (tertiary/aromatic N) is 2. The van der Waals surface area contributed by atoms with Crippen LogP contribution in [0.25, 0.3) is 10.9 Å². The Morgan fingerprint density at radius 2 is 1.86 bits per heavy atom. The fourth-order valence-corrected chi connectivity index (χ4v) is 3.26. The van der Waals surface area contributed by atoms with Gasteiger partial charge in [-0.1, -0.05) is 30.3 Å². The third kappa shape index (κ3) is 3.47. The number of hydrogen-bond acceptors (Lipinski definition) is 4. The molecule has 1 unspecified atom stereocenters. The highest BCUT2D eigenvalue weighted by Crippen LogP contribution is 2.33. The van der Waals surface area contributed by atoms with Gasteiger partial charge in [0.15, 0.2) is 6.10 Å². The second-order valence-electron chi connectivity index (χ2n) is 6.73. The Balaban J connectivity index is 1.56. The van der Waals surface area contributed by atoms with Crippen molar-refractivity contribution in [2.75, 3.05) is 13.1 Å². The standard InChI is InChI=1S/C21H18F2N2O3/c22-21(23)11-12-25(20(27)15-6-2-4-8-17(15)26)13-18(21)28-19-10-9-14-5-1-3-7-16(14)24-19/h1-10,18,26H,11-13H2. The van der Waals surface area contributed by atoms with E-state index in [9.17, 15) is 18.7 Å². The second-order valence-corrected chi connectivity index (χ2v) is 6.73. The Bertz CT molecular complexity index is 1030. The van der Waals surface area contributed by atoms with Gasteiger partial charge in [-0.2, -0.15) is 0 Å². The Kier molecular flexibility index (Phi) is 4.58. The molecule has 0 aliphatic carbocycles. The number of amides is 1. The molecule has 1 fully saturated rings. The van der Waals surface area contributed by atoms with Crippen LogP contribution in [0.5, 0.6) is 11.6 Å². The summed E-state index contributed by atoms with van der Waals surface area (Å²) < 4.78 is 34.4. The third-order valence-electron chi connectivity index (χ3n) is 4.83. The van der Waals surface area contributed by atoms with Gasteiger partial charge in [-0.25, -0.2) is 13.8 Å². The molecule has 1 aromatic heterocycles. The summed E-state index contributed by atoms with van der Waals surface area (Å²) in [6.07, 6.45) is -2.05. The molecule has 5 nitrogen and oxygen atoms in total. The fraction of sp³-hybridized carbons (Fsp3) is 0.238. The molecule has 0 spiro atoms. The zero-order chi connectivity index (χ0) is 19.7. The Morgan fingerprint density at radius 1 is 1.11 bits per heavy atom. The molecule has 0 bridgehead atoms. The van der Waals surface area contributed by atoms with E-state index in [2.05, 4.69) is 4.98 Å². The first-order valence-corrected chi connectivity index (χ1v) is 8.91. The average molecular weight is 384 g/mol. The lowest BCUT2D eigenvalue weighted by atomic mass is 10.0. The Hall–Kier alpha value is -3.22. The van der Waals surface area contributed by atoms with Gasteiger partial charge in [-0.3, -0.25) is 4.79 Å². The van der Waals surface area contributed by atoms with Gasteiger partial charge in [0.25, 0.3) is 11.8 Å². The largest absolute Gasteiger partial charge is 0.507 e. The minimum absolute atomic E-state index is 0.0790. The predicted molar refractivity (Wildman–Crippen MR) is 99.7 cm³/mol. The molecule has 1 amide bonds. The van der Waals surface area contributed by atoms with E-state index in [0.29, 0.717) is 5.52 Å². The van der Waals surface area contributed by atoms with E-state index in [-0.39, 0.29) is 30.3 Å². The van der Waals surface area contributed by atoms with Crippen LogP contribution >= 0.6 is 0 Å². The van der Waals surface area contributed by atoms with Crippen molar-refractivity contribution in [2.45, 2.75) is 18.4 Å². The van der Waals surface area contributed by atoms with Crippen LogP contribution in [0.1, 0.15) is 16.8 Å². The number of phenolic OH excluding ortho intramolecular Hbond substituents is 1. The van der Waals surface area contributed by atoms with E-state index in [1.807, 2.05) is 12.1 Å². The average Bonchev–Trinajstić information content (AvgIpc) is 2.69. The number of pyridine rings is 1. The van der Waals surface area contributed by atoms with Crippen LogP contribution in [0.2, 0.25) is 0 Å². The number of aromatic hydroxyl groups is 1. The van der Waals surface area contributed by atoms with E-state index in [4.69, 9.17) is 4.74 Å². The van der Waals surface area contributed by atoms with Crippen LogP contribution in [-0.4, -0.2) is 46.0 Å². The highest BCUT2D eigenvalue weighted by molar-refractivity contribution is 5.96. The molecule has 1 N–H and O–H groups in total. The first-order chi connectivity index (χ1) is 13.4. The van der Waals surface area contributed by atoms with Gasteiger partial charge in [-0.05, 0) is 24.3 Å². The molecular weight excluding hydrogens is 366 g/mol. The highest BCUT2D eigenvalue weighted by Gasteiger charge is 2.47. The molecule has 1 aliphatic rings. The van der Waals surface area contributed by atoms with Crippen molar-refractivity contribution >= 4 is 16.8 Å². The van der Waals surface area contributed by atoms with Crippen LogP contribution in [0, 0.1) is 0 Å². The van der Waals surface area contributed by atoms with Gasteiger partial charge in [-0.15, -0.1) is 0 Å². The lowest BCUT2D eigenvalue weighted by Gasteiger charge is -2.38. The number of carbonyl (C=O) groups is 1. The fourth-order valence-electron chi connectivity index (χ4n) is 3.26. The lowest BCUT2D eigenvalue weighted by Crippen LogP contribution is -2.55. The van der Waals surface area contributed by atoms with Gasteiger partial charge >= 0.3 is 0 Å². The van der Waals surface area contributed by atoms with Crippen LogP contribution in [0.3, 0.4) is 0 Å². The molecule has 2 heterocycles. The first-order valence-electron chi connectivity index (χ1n) is 8.91. The SMILES string of the molecule is O=C(c1ccccc1O)N1CCC(F)(F)C(Oc2ccc3ccccc3n2)C1. The van der Waals surface area contributed by atoms with Gasteiger partial charge in [0.2, 0.25) is 5.88 Å². The number of halogens is 2. The smallest absolute Gasteiger partial charge is 0.287 e. The molecule has 0 saturated carbocycles. The predicted octanol–water partition coefficient (Wildman–Crippen LogP) is 3.87. The summed E-state index contributed by atoms with van der Waals surface area (Å²) in [4.78, 5) is 18.2. The number of hydrogen-bond donors (Lipinski definition) is 1. The number of phenols is 1. The van der Waals surface area contributed by atoms with Gasteiger partial charge in [0, 0.05) is 24.4 Å². The quantitative estimate of drug-likeness (QED) is 0.745. The van der Waals surface area contributed by atoms with E-state index >= 15 is 0 Å². The molecule has 0 radical (unpaired) electrons. The summed E-state index contributed by atoms with van der Waals surface area (Å²) in [5.41, 5.74) is 0.719. The van der Waals surface area contributed by atoms with Gasteiger partial charge < -0.3 is 14.7 Å². The first kappa shape index (κ1) is 18.2. The zero-order valence-corrected chi connectivity index (χ0v) is 14.9. The summed E-state index contributed by atoms with van der Waals surface area (Å²) in [6.45, 7) is -0.417. The van der Waals surface area contributed by atoms with Crippen LogP contribution in [0.15, 0.2) is 60.7 Å². The van der Waals surface area contributed by atoms with E-state index in [1.54, 1.807) is 36.4 Å². The van der Waals surface area contributed by atoms with Crippen LogP contribution in [0.4, 0.5) is 8.78 Å². The van der Waals surface area contributed by atoms with E-state index in [1.165, 1.54) is 17.0 Å². The van der Waals surface area contributed by atoms with Crippen molar-refractivity contribution in [2.24, 2.45) is 0 Å². The Labute approximate surface area is 160 Å². The molecular formula is C21H18F2N2O3. The van der Waals surface area contributed by atoms with Crippen molar-refractivity contribution in [3.8, 4) is 11.6 Å². The van der Waals surface area contributed by atoms with Crippen molar-refractivity contribution in [1.29, 1.82) is 0 Å². The van der Waals surface area contributed by atoms with Gasteiger partial charge in [0.05, 0.1) is 17.6 Å². The number of alkyl halides is 2. The maximum atomic E-state index is 14.4. The maximum Gasteiger partial charge on any atom is 0.287 e. The third-order valence-corrected chi connectivity index (χ3v) is 4.83. The van der Waals surface area contributed by atoms with Crippen molar-refractivity contribution in [1.82, 2.24) is 9.88 Å². The number of rotatable bonds is 3. The molecule has 2 aromatic carbocycles. The van der Waals surface area contributed by atoms with Crippen molar-refractivity contribution in [3.05, 3.63) is 66.2 Å². The number of fused-ring (bicyclic) bond motifs is 1. The summed E-state index contributed by atoms with van der Waals surface area (Å²) in [7, 11) is 0. The number of ether oxygens (including phenoxy) is 1. The summed E-state index contributed by atoms with van der Waals surface area (Å²) >= 11 is 0. The monoisotopic (exact) mass is 384 g/mol. The number of piperidine rings is 1. The van der Waals surface area contributed by atoms with E-state index in [0.717, 1.165) is 5.39 Å². The number of likely N-dealkylation sites (tertiary alicyclic amines) is 1. The highest BCUT2D eigenvalue weighted by atomic mass is 19.3. The lowest BCUT2D eigenvalue weighted by molar-refractivity contribution is -0.131. The van der Waals surface area contributed by atoms with E-state index < -0.39 is 24.4 Å². The molecule has 7 heteroatoms. The minimum Gasteiger partial charge on any atom is -0.507 e. The number of benzene rings is 2. The molecule has 1 aliphatic heterocycles. The minimum atomic E-state index is -3.09. The molecule has 1 saturated heterocycles. The number of para-hydroxylation sites is 2. The second kappa shape index (κ2) is 7.07. The van der Waals surface area contributed by atoms with Crippen LogP contribution in [-0.2, 0) is 0 Å². The normalized spacial score (nSPS) is 18.8. The molecule has 28 heavy (non-hydrogen) atoms. The molecule has 144 valence electrons. The zero-order valence-electron chi connectivity index (χ0n) is 14.9. The maximum absolute atomic E-state index is 14.4. The molecule has 1 atom stereocenters. The summed E-state index contributed by atoms with van der Waals surface area (Å²) in [5, 5.41) is 10.8.